The van der Waals surface area contributed by atoms with Crippen molar-refractivity contribution >= 4 is 5.96 Å². The van der Waals surface area contributed by atoms with Crippen LogP contribution in [0.15, 0.2) is 48.0 Å². The van der Waals surface area contributed by atoms with Crippen molar-refractivity contribution in [1.82, 2.24) is 20.2 Å². The van der Waals surface area contributed by atoms with Crippen molar-refractivity contribution in [1.29, 1.82) is 0 Å². The predicted octanol–water partition coefficient (Wildman–Crippen LogP) is 1.37. The Kier molecular flexibility index (Phi) is 3.96. The van der Waals surface area contributed by atoms with Crippen LogP contribution in [-0.4, -0.2) is 28.6 Å². The summed E-state index contributed by atoms with van der Waals surface area (Å²) in [5, 5.41) is 6.59. The van der Waals surface area contributed by atoms with E-state index in [1.165, 1.54) is 11.1 Å². The van der Waals surface area contributed by atoms with E-state index in [1.54, 1.807) is 6.20 Å². The van der Waals surface area contributed by atoms with Crippen molar-refractivity contribution < 1.29 is 0 Å². The molecule has 1 aliphatic heterocycles. The predicted molar refractivity (Wildman–Crippen MR) is 79.5 cm³/mol. The molecule has 0 saturated heterocycles. The minimum absolute atomic E-state index is 0.803. The highest BCUT2D eigenvalue weighted by Crippen LogP contribution is 2.06. The fourth-order valence-electron chi connectivity index (χ4n) is 2.19. The van der Waals surface area contributed by atoms with E-state index in [0.717, 1.165) is 38.6 Å². The molecule has 2 aromatic rings. The fourth-order valence-corrected chi connectivity index (χ4v) is 2.19. The average Bonchev–Trinajstić information content (AvgIpc) is 3.01. The maximum atomic E-state index is 4.40. The average molecular weight is 269 g/mol. The Morgan fingerprint density at radius 1 is 1.20 bits per heavy atom. The zero-order valence-electron chi connectivity index (χ0n) is 11.4. The van der Waals surface area contributed by atoms with E-state index in [0.29, 0.717) is 0 Å². The van der Waals surface area contributed by atoms with Crippen LogP contribution in [-0.2, 0) is 13.1 Å². The Morgan fingerprint density at radius 3 is 2.75 bits per heavy atom. The lowest BCUT2D eigenvalue weighted by Gasteiger charge is -2.16. The lowest BCUT2D eigenvalue weighted by atomic mass is 10.1. The van der Waals surface area contributed by atoms with Gasteiger partial charge < -0.3 is 15.2 Å². The van der Waals surface area contributed by atoms with Crippen molar-refractivity contribution in [2.24, 2.45) is 4.99 Å². The highest BCUT2D eigenvalue weighted by Gasteiger charge is 2.03. The Bertz CT molecular complexity index is 556. The first kappa shape index (κ1) is 12.7. The van der Waals surface area contributed by atoms with Gasteiger partial charge in [0.1, 0.15) is 0 Å². The Labute approximate surface area is 118 Å². The number of aromatic nitrogens is 2. The van der Waals surface area contributed by atoms with Crippen molar-refractivity contribution in [2.45, 2.75) is 19.5 Å². The fraction of sp³-hybridized carbons (Fsp3) is 0.333. The summed E-state index contributed by atoms with van der Waals surface area (Å²) in [6.45, 7) is 3.59. The number of hydrogen-bond acceptors (Lipinski definition) is 4. The van der Waals surface area contributed by atoms with E-state index in [9.17, 15) is 0 Å². The van der Waals surface area contributed by atoms with Crippen molar-refractivity contribution in [3.8, 4) is 0 Å². The molecule has 0 atom stereocenters. The molecule has 0 saturated carbocycles. The number of nitrogens with zero attached hydrogens (tertiary/aromatic N) is 3. The summed E-state index contributed by atoms with van der Waals surface area (Å²) < 4.78 is 2.06. The third-order valence-electron chi connectivity index (χ3n) is 3.30. The molecule has 5 heteroatoms. The first-order valence-corrected chi connectivity index (χ1v) is 6.96. The van der Waals surface area contributed by atoms with Gasteiger partial charge in [-0.05, 0) is 17.5 Å². The second kappa shape index (κ2) is 6.23. The molecule has 0 radical (unpaired) electrons. The van der Waals surface area contributed by atoms with Crippen LogP contribution in [0.3, 0.4) is 0 Å². The summed E-state index contributed by atoms with van der Waals surface area (Å²) in [5.41, 5.74) is 2.54. The number of nitrogens with one attached hydrogen (secondary N) is 2. The number of benzene rings is 1. The number of imidazole rings is 1. The molecule has 1 aromatic heterocycles. The quantitative estimate of drug-likeness (QED) is 0.881. The molecule has 0 bridgehead atoms. The molecule has 5 nitrogen and oxygen atoms in total. The third-order valence-corrected chi connectivity index (χ3v) is 3.30. The van der Waals surface area contributed by atoms with Gasteiger partial charge in [-0.25, -0.2) is 4.98 Å². The molecule has 0 unspecified atom stereocenters. The molecule has 1 aromatic carbocycles. The maximum Gasteiger partial charge on any atom is 0.191 e. The molecule has 2 N–H and O–H groups in total. The number of guanidine groups is 1. The Hall–Kier alpha value is -2.30. The van der Waals surface area contributed by atoms with E-state index in [2.05, 4.69) is 49.4 Å². The summed E-state index contributed by atoms with van der Waals surface area (Å²) in [5.74, 6) is 0.916. The molecule has 0 amide bonds. The van der Waals surface area contributed by atoms with Crippen LogP contribution in [0.1, 0.15) is 17.5 Å². The van der Waals surface area contributed by atoms with Crippen molar-refractivity contribution in [3.05, 3.63) is 54.1 Å². The molecular formula is C15H19N5. The third kappa shape index (κ3) is 3.38. The number of rotatable bonds is 4. The monoisotopic (exact) mass is 269 g/mol. The summed E-state index contributed by atoms with van der Waals surface area (Å²) in [6.07, 6.45) is 6.73. The summed E-state index contributed by atoms with van der Waals surface area (Å²) in [4.78, 5) is 8.45. The molecule has 0 fully saturated rings. The zero-order chi connectivity index (χ0) is 13.6. The van der Waals surface area contributed by atoms with E-state index in [4.69, 9.17) is 0 Å². The van der Waals surface area contributed by atoms with Crippen molar-refractivity contribution in [2.75, 3.05) is 13.1 Å². The van der Waals surface area contributed by atoms with Crippen LogP contribution in [0.2, 0.25) is 0 Å². The summed E-state index contributed by atoms with van der Waals surface area (Å²) in [7, 11) is 0. The summed E-state index contributed by atoms with van der Waals surface area (Å²) in [6, 6.07) is 8.63. The first-order valence-electron chi connectivity index (χ1n) is 6.96. The van der Waals surface area contributed by atoms with Crippen LogP contribution in [0, 0.1) is 0 Å². The van der Waals surface area contributed by atoms with E-state index in [-0.39, 0.29) is 0 Å². The normalized spacial score (nSPS) is 14.5. The first-order chi connectivity index (χ1) is 9.90. The van der Waals surface area contributed by atoms with Gasteiger partial charge in [-0.2, -0.15) is 0 Å². The Morgan fingerprint density at radius 2 is 2.05 bits per heavy atom. The summed E-state index contributed by atoms with van der Waals surface area (Å²) >= 11 is 0. The standard InChI is InChI=1S/C15H19N5/c1-6-17-15(18-7-1)19-10-13-2-4-14(5-3-13)11-20-9-8-16-12-20/h2-5,8-9,12H,1,6-7,10-11H2,(H2,17,18,19). The maximum absolute atomic E-state index is 4.40. The van der Waals surface area contributed by atoms with Gasteiger partial charge in [-0.15, -0.1) is 0 Å². The topological polar surface area (TPSA) is 54.2 Å². The van der Waals surface area contributed by atoms with E-state index >= 15 is 0 Å². The largest absolute Gasteiger partial charge is 0.356 e. The van der Waals surface area contributed by atoms with Crippen LogP contribution in [0.4, 0.5) is 0 Å². The minimum atomic E-state index is 0.803. The highest BCUT2D eigenvalue weighted by atomic mass is 15.2. The Balaban J connectivity index is 1.54. The van der Waals surface area contributed by atoms with Crippen molar-refractivity contribution in [3.63, 3.8) is 0 Å². The van der Waals surface area contributed by atoms with Gasteiger partial charge in [0.25, 0.3) is 0 Å². The van der Waals surface area contributed by atoms with Crippen LogP contribution in [0.5, 0.6) is 0 Å². The second-order valence-electron chi connectivity index (χ2n) is 4.92. The second-order valence-corrected chi connectivity index (χ2v) is 4.92. The minimum Gasteiger partial charge on any atom is -0.356 e. The number of aliphatic imine (C=N–C) groups is 1. The van der Waals surface area contributed by atoms with Gasteiger partial charge in [0.15, 0.2) is 5.96 Å². The molecule has 1 aliphatic rings. The van der Waals surface area contributed by atoms with Crippen LogP contribution >= 0.6 is 0 Å². The lowest BCUT2D eigenvalue weighted by Crippen LogP contribution is -2.40. The molecule has 0 spiro atoms. The molecule has 0 aliphatic carbocycles. The van der Waals surface area contributed by atoms with Gasteiger partial charge in [0.05, 0.1) is 6.33 Å². The van der Waals surface area contributed by atoms with Gasteiger partial charge in [0.2, 0.25) is 0 Å². The number of hydrogen-bond donors (Lipinski definition) is 2. The van der Waals surface area contributed by atoms with Crippen LogP contribution < -0.4 is 10.6 Å². The van der Waals surface area contributed by atoms with E-state index < -0.39 is 0 Å². The molecule has 104 valence electrons. The lowest BCUT2D eigenvalue weighted by molar-refractivity contribution is 0.702. The van der Waals surface area contributed by atoms with Gasteiger partial charge in [0, 0.05) is 38.6 Å². The smallest absolute Gasteiger partial charge is 0.191 e. The molecule has 3 rings (SSSR count). The zero-order valence-corrected chi connectivity index (χ0v) is 11.4. The molecule has 2 heterocycles. The van der Waals surface area contributed by atoms with Crippen LogP contribution in [0.25, 0.3) is 0 Å². The molecular weight excluding hydrogens is 250 g/mol. The highest BCUT2D eigenvalue weighted by molar-refractivity contribution is 5.80. The van der Waals surface area contributed by atoms with Gasteiger partial charge in [-0.1, -0.05) is 24.3 Å². The van der Waals surface area contributed by atoms with E-state index in [1.807, 2.05) is 12.5 Å². The van der Waals surface area contributed by atoms with Gasteiger partial charge >= 0.3 is 0 Å². The van der Waals surface area contributed by atoms with Gasteiger partial charge in [-0.3, -0.25) is 4.99 Å². The molecule has 20 heavy (non-hydrogen) atoms. The SMILES string of the molecule is c1cn(Cc2ccc(CNC3=NCCCN3)cc2)cn1.